The Morgan fingerprint density at radius 1 is 1.29 bits per heavy atom. The molecule has 1 saturated heterocycles. The summed E-state index contributed by atoms with van der Waals surface area (Å²) in [6.45, 7) is 4.27. The second kappa shape index (κ2) is 5.99. The smallest absolute Gasteiger partial charge is 0.323 e. The number of likely N-dealkylation sites (tertiary alicyclic amines) is 1. The largest absolute Gasteiger partial charge is 0.481 e. The Morgan fingerprint density at radius 3 is 2.71 bits per heavy atom. The SMILES string of the molecule is Cc1ccccc1-n1nccc1NC(=O)N1CCC(C)(C(=O)O)C1. The lowest BCUT2D eigenvalue weighted by atomic mass is 9.90. The first kappa shape index (κ1) is 16.0. The molecule has 2 amide bonds. The van der Waals surface area contributed by atoms with Crippen LogP contribution in [0.4, 0.5) is 10.6 Å². The van der Waals surface area contributed by atoms with Gasteiger partial charge in [0.05, 0.1) is 17.3 Å². The molecule has 1 fully saturated rings. The van der Waals surface area contributed by atoms with E-state index in [0.717, 1.165) is 11.3 Å². The zero-order chi connectivity index (χ0) is 17.3. The van der Waals surface area contributed by atoms with Crippen LogP contribution in [0.3, 0.4) is 0 Å². The molecule has 1 aromatic carbocycles. The van der Waals surface area contributed by atoms with Crippen molar-refractivity contribution in [2.45, 2.75) is 20.3 Å². The number of urea groups is 1. The Balaban J connectivity index is 1.77. The summed E-state index contributed by atoms with van der Waals surface area (Å²) in [6.07, 6.45) is 2.07. The Kier molecular flexibility index (Phi) is 4.01. The topological polar surface area (TPSA) is 87.5 Å². The average Bonchev–Trinajstić information content (AvgIpc) is 3.15. The molecule has 7 heteroatoms. The van der Waals surface area contributed by atoms with Gasteiger partial charge in [-0.1, -0.05) is 18.2 Å². The fourth-order valence-electron chi connectivity index (χ4n) is 2.89. The minimum Gasteiger partial charge on any atom is -0.481 e. The third-order valence-electron chi connectivity index (χ3n) is 4.50. The van der Waals surface area contributed by atoms with Crippen LogP contribution < -0.4 is 5.32 Å². The standard InChI is InChI=1S/C17H20N4O3/c1-12-5-3-4-6-13(12)21-14(7-9-18-21)19-16(24)20-10-8-17(2,11-20)15(22)23/h3-7,9H,8,10-11H2,1-2H3,(H,19,24)(H,22,23). The van der Waals surface area contributed by atoms with Gasteiger partial charge in [0.15, 0.2) is 0 Å². The summed E-state index contributed by atoms with van der Waals surface area (Å²) >= 11 is 0. The average molecular weight is 328 g/mol. The monoisotopic (exact) mass is 328 g/mol. The van der Waals surface area contributed by atoms with Crippen LogP contribution in [0.1, 0.15) is 18.9 Å². The van der Waals surface area contributed by atoms with E-state index in [-0.39, 0.29) is 12.6 Å². The molecule has 2 aromatic rings. The number of rotatable bonds is 3. The normalized spacial score (nSPS) is 20.2. The number of hydrogen-bond donors (Lipinski definition) is 2. The first-order valence-corrected chi connectivity index (χ1v) is 7.80. The molecule has 2 N–H and O–H groups in total. The highest BCUT2D eigenvalue weighted by Gasteiger charge is 2.42. The number of para-hydroxylation sites is 1. The van der Waals surface area contributed by atoms with Gasteiger partial charge in [-0.25, -0.2) is 9.48 Å². The number of nitrogens with one attached hydrogen (secondary N) is 1. The van der Waals surface area contributed by atoms with Crippen molar-refractivity contribution < 1.29 is 14.7 Å². The first-order valence-electron chi connectivity index (χ1n) is 7.80. The Labute approximate surface area is 139 Å². The highest BCUT2D eigenvalue weighted by atomic mass is 16.4. The number of anilines is 1. The van der Waals surface area contributed by atoms with E-state index in [1.807, 2.05) is 31.2 Å². The molecule has 0 saturated carbocycles. The molecule has 0 bridgehead atoms. The lowest BCUT2D eigenvalue weighted by Crippen LogP contribution is -2.37. The molecule has 1 unspecified atom stereocenters. The van der Waals surface area contributed by atoms with E-state index in [0.29, 0.717) is 18.8 Å². The molecule has 0 spiro atoms. The van der Waals surface area contributed by atoms with Crippen LogP contribution in [0.15, 0.2) is 36.5 Å². The van der Waals surface area contributed by atoms with Crippen LogP contribution in [0, 0.1) is 12.3 Å². The highest BCUT2D eigenvalue weighted by Crippen LogP contribution is 2.30. The molecule has 1 aliphatic rings. The molecule has 1 aromatic heterocycles. The fourth-order valence-corrected chi connectivity index (χ4v) is 2.89. The van der Waals surface area contributed by atoms with E-state index < -0.39 is 11.4 Å². The van der Waals surface area contributed by atoms with Gasteiger partial charge in [0.2, 0.25) is 0 Å². The Hall–Kier alpha value is -2.83. The molecule has 1 aliphatic heterocycles. The number of aliphatic carboxylic acids is 1. The molecule has 126 valence electrons. The van der Waals surface area contributed by atoms with E-state index in [1.165, 1.54) is 4.90 Å². The number of nitrogens with zero attached hydrogens (tertiary/aromatic N) is 3. The van der Waals surface area contributed by atoms with Gasteiger partial charge < -0.3 is 10.0 Å². The quantitative estimate of drug-likeness (QED) is 0.906. The Bertz CT molecular complexity index is 786. The van der Waals surface area contributed by atoms with Gasteiger partial charge in [-0.2, -0.15) is 5.10 Å². The molecule has 7 nitrogen and oxygen atoms in total. The zero-order valence-corrected chi connectivity index (χ0v) is 13.7. The molecule has 3 rings (SSSR count). The third-order valence-corrected chi connectivity index (χ3v) is 4.50. The van der Waals surface area contributed by atoms with Crippen molar-refractivity contribution in [2.24, 2.45) is 5.41 Å². The van der Waals surface area contributed by atoms with Crippen molar-refractivity contribution in [3.05, 3.63) is 42.1 Å². The molecular formula is C17H20N4O3. The number of carboxylic acid groups (broad SMARTS) is 1. The molecule has 24 heavy (non-hydrogen) atoms. The van der Waals surface area contributed by atoms with Crippen molar-refractivity contribution in [3.63, 3.8) is 0 Å². The molecule has 0 radical (unpaired) electrons. The number of aryl methyl sites for hydroxylation is 1. The number of hydrogen-bond acceptors (Lipinski definition) is 3. The van der Waals surface area contributed by atoms with Crippen molar-refractivity contribution in [1.82, 2.24) is 14.7 Å². The van der Waals surface area contributed by atoms with Gasteiger partial charge in [0, 0.05) is 19.2 Å². The number of benzene rings is 1. The molecule has 0 aliphatic carbocycles. The molecule has 2 heterocycles. The van der Waals surface area contributed by atoms with Gasteiger partial charge >= 0.3 is 12.0 Å². The van der Waals surface area contributed by atoms with Crippen molar-refractivity contribution in [1.29, 1.82) is 0 Å². The van der Waals surface area contributed by atoms with E-state index in [2.05, 4.69) is 10.4 Å². The maximum Gasteiger partial charge on any atom is 0.323 e. The number of carbonyl (C=O) groups is 2. The van der Waals surface area contributed by atoms with E-state index in [1.54, 1.807) is 23.9 Å². The second-order valence-electron chi connectivity index (χ2n) is 6.38. The lowest BCUT2D eigenvalue weighted by molar-refractivity contribution is -0.146. The minimum atomic E-state index is -0.881. The summed E-state index contributed by atoms with van der Waals surface area (Å²) in [4.78, 5) is 25.3. The zero-order valence-electron chi connectivity index (χ0n) is 13.7. The van der Waals surface area contributed by atoms with Gasteiger partial charge in [0.1, 0.15) is 5.82 Å². The van der Waals surface area contributed by atoms with E-state index in [9.17, 15) is 14.7 Å². The summed E-state index contributed by atoms with van der Waals surface area (Å²) in [5.41, 5.74) is 1.04. The van der Waals surface area contributed by atoms with Gasteiger partial charge in [-0.15, -0.1) is 0 Å². The lowest BCUT2D eigenvalue weighted by Gasteiger charge is -2.21. The van der Waals surface area contributed by atoms with Gasteiger partial charge in [-0.05, 0) is 31.9 Å². The summed E-state index contributed by atoms with van der Waals surface area (Å²) in [7, 11) is 0. The number of carboxylic acids is 1. The van der Waals surface area contributed by atoms with Crippen molar-refractivity contribution in [3.8, 4) is 5.69 Å². The summed E-state index contributed by atoms with van der Waals surface area (Å²) in [6, 6.07) is 9.16. The van der Waals surface area contributed by atoms with Crippen molar-refractivity contribution in [2.75, 3.05) is 18.4 Å². The second-order valence-corrected chi connectivity index (χ2v) is 6.38. The predicted molar refractivity (Wildman–Crippen MR) is 89.3 cm³/mol. The highest BCUT2D eigenvalue weighted by molar-refractivity contribution is 5.90. The fraction of sp³-hybridized carbons (Fsp3) is 0.353. The maximum atomic E-state index is 12.5. The van der Waals surface area contributed by atoms with Crippen LogP contribution in [0.5, 0.6) is 0 Å². The molecular weight excluding hydrogens is 308 g/mol. The molecule has 1 atom stereocenters. The van der Waals surface area contributed by atoms with Gasteiger partial charge in [0.25, 0.3) is 0 Å². The minimum absolute atomic E-state index is 0.201. The van der Waals surface area contributed by atoms with Crippen LogP contribution >= 0.6 is 0 Å². The van der Waals surface area contributed by atoms with Crippen LogP contribution in [-0.2, 0) is 4.79 Å². The maximum absolute atomic E-state index is 12.5. The van der Waals surface area contributed by atoms with E-state index >= 15 is 0 Å². The Morgan fingerprint density at radius 2 is 2.04 bits per heavy atom. The van der Waals surface area contributed by atoms with Crippen molar-refractivity contribution >= 4 is 17.8 Å². The van der Waals surface area contributed by atoms with Crippen LogP contribution in [0.2, 0.25) is 0 Å². The third kappa shape index (κ3) is 2.84. The number of amides is 2. The summed E-state index contributed by atoms with van der Waals surface area (Å²) < 4.78 is 1.67. The van der Waals surface area contributed by atoms with Crippen LogP contribution in [-0.4, -0.2) is 44.9 Å². The first-order chi connectivity index (χ1) is 11.4. The van der Waals surface area contributed by atoms with Crippen LogP contribution in [0.25, 0.3) is 5.69 Å². The van der Waals surface area contributed by atoms with Gasteiger partial charge in [-0.3, -0.25) is 10.1 Å². The number of carbonyl (C=O) groups excluding carboxylic acids is 1. The summed E-state index contributed by atoms with van der Waals surface area (Å²) in [5.74, 6) is -0.319. The predicted octanol–water partition coefficient (Wildman–Crippen LogP) is 2.51. The summed E-state index contributed by atoms with van der Waals surface area (Å²) in [5, 5.41) is 16.4. The number of aromatic nitrogens is 2. The van der Waals surface area contributed by atoms with E-state index in [4.69, 9.17) is 0 Å².